The molecule has 6 unspecified atom stereocenters. The van der Waals surface area contributed by atoms with Crippen LogP contribution < -0.4 is 11.2 Å². The highest BCUT2D eigenvalue weighted by Crippen LogP contribution is 2.63. The van der Waals surface area contributed by atoms with E-state index in [-0.39, 0.29) is 12.5 Å². The van der Waals surface area contributed by atoms with Crippen molar-refractivity contribution >= 4 is 11.2 Å². The molecule has 2 aromatic rings. The van der Waals surface area contributed by atoms with E-state index in [9.17, 15) is 9.59 Å². The highest BCUT2D eigenvalue weighted by molar-refractivity contribution is 5.70. The van der Waals surface area contributed by atoms with Gasteiger partial charge in [0.1, 0.15) is 11.3 Å². The maximum atomic E-state index is 12.2. The number of hydrogen-bond acceptors (Lipinski definition) is 3. The first-order chi connectivity index (χ1) is 12.6. The summed E-state index contributed by atoms with van der Waals surface area (Å²) >= 11 is 0. The Labute approximate surface area is 150 Å². The van der Waals surface area contributed by atoms with E-state index >= 15 is 0 Å². The summed E-state index contributed by atoms with van der Waals surface area (Å²) in [6.45, 7) is 3.96. The van der Waals surface area contributed by atoms with Crippen LogP contribution in [0.4, 0.5) is 0 Å². The zero-order chi connectivity index (χ0) is 18.0. The van der Waals surface area contributed by atoms with Crippen LogP contribution in [0.15, 0.2) is 22.2 Å². The molecule has 6 heteroatoms. The Balaban J connectivity index is 1.62. The van der Waals surface area contributed by atoms with E-state index < -0.39 is 11.2 Å². The summed E-state index contributed by atoms with van der Waals surface area (Å²) in [5.74, 6) is 6.96. The van der Waals surface area contributed by atoms with Gasteiger partial charge in [0.25, 0.3) is 5.56 Å². The number of nitrogens with one attached hydrogen (secondary N) is 2. The topological polar surface area (TPSA) is 83.5 Å². The minimum atomic E-state index is -0.476. The van der Waals surface area contributed by atoms with E-state index in [0.717, 1.165) is 11.8 Å². The van der Waals surface area contributed by atoms with Crippen LogP contribution in [0.25, 0.3) is 11.2 Å². The van der Waals surface area contributed by atoms with Gasteiger partial charge < -0.3 is 4.98 Å². The van der Waals surface area contributed by atoms with Gasteiger partial charge in [-0.15, -0.1) is 13.0 Å². The number of H-pyrrole nitrogens is 2. The molecule has 0 amide bonds. The van der Waals surface area contributed by atoms with Crippen LogP contribution in [-0.2, 0) is 6.54 Å². The zero-order valence-corrected chi connectivity index (χ0v) is 14.6. The van der Waals surface area contributed by atoms with Crippen molar-refractivity contribution in [1.29, 1.82) is 0 Å². The first-order valence-electron chi connectivity index (χ1n) is 9.40. The van der Waals surface area contributed by atoms with E-state index in [0.29, 0.717) is 34.7 Å². The van der Waals surface area contributed by atoms with Crippen LogP contribution in [0, 0.1) is 41.9 Å². The number of fused-ring (bicyclic) bond motifs is 1. The Hall–Kier alpha value is -2.55. The molecule has 0 aliphatic heterocycles. The van der Waals surface area contributed by atoms with Gasteiger partial charge in [-0.3, -0.25) is 14.3 Å². The highest BCUT2D eigenvalue weighted by atomic mass is 16.2. The smallest absolute Gasteiger partial charge is 0.330 e. The molecular weight excluding hydrogens is 328 g/mol. The third kappa shape index (κ3) is 2.03. The minimum absolute atomic E-state index is 0.131. The number of hydrogen-bond donors (Lipinski definition) is 2. The second kappa shape index (κ2) is 5.47. The molecule has 4 saturated carbocycles. The predicted molar refractivity (Wildman–Crippen MR) is 98.7 cm³/mol. The SMILES string of the molecule is C#CC(c1nc2c([nH]1)c(=O)[nH]c(=O)n2CC=C)C1C2CC3CC(C2)C1C3. The van der Waals surface area contributed by atoms with Gasteiger partial charge in [0.2, 0.25) is 0 Å². The number of allylic oxidation sites excluding steroid dienone is 1. The predicted octanol–water partition coefficient (Wildman–Crippen LogP) is 2.00. The molecule has 6 nitrogen and oxygen atoms in total. The maximum absolute atomic E-state index is 12.2. The second-order valence-electron chi connectivity index (χ2n) is 8.19. The van der Waals surface area contributed by atoms with E-state index in [1.807, 2.05) is 0 Å². The standard InChI is InChI=1S/C20H22N4O2/c1-3-5-24-18-16(19(25)23-20(24)26)21-17(22-18)13(4-2)15-12-7-10-6-11(9-12)14(15)8-10/h2-3,10-15H,1,5-9H2,(H,21,22)(H,23,25,26). The van der Waals surface area contributed by atoms with Crippen LogP contribution in [0.5, 0.6) is 0 Å². The molecule has 0 radical (unpaired) electrons. The molecule has 6 rings (SSSR count). The fraction of sp³-hybridized carbons (Fsp3) is 0.550. The third-order valence-corrected chi connectivity index (χ3v) is 6.95. The fourth-order valence-corrected chi connectivity index (χ4v) is 6.18. The average molecular weight is 350 g/mol. The molecular formula is C20H22N4O2. The molecule has 4 aliphatic carbocycles. The molecule has 2 N–H and O–H groups in total. The summed E-state index contributed by atoms with van der Waals surface area (Å²) in [7, 11) is 0. The average Bonchev–Trinajstić information content (AvgIpc) is 3.24. The van der Waals surface area contributed by atoms with E-state index in [4.69, 9.17) is 6.42 Å². The summed E-state index contributed by atoms with van der Waals surface area (Å²) in [5.41, 5.74) is -0.250. The lowest BCUT2D eigenvalue weighted by molar-refractivity contribution is 0.182. The summed E-state index contributed by atoms with van der Waals surface area (Å²) in [5, 5.41) is 0. The Bertz CT molecular complexity index is 1050. The normalized spacial score (nSPS) is 32.8. The monoisotopic (exact) mass is 350 g/mol. The van der Waals surface area contributed by atoms with Gasteiger partial charge in [-0.05, 0) is 55.3 Å². The Morgan fingerprint density at radius 2 is 2.08 bits per heavy atom. The number of rotatable bonds is 4. The van der Waals surface area contributed by atoms with Crippen molar-refractivity contribution < 1.29 is 0 Å². The molecule has 0 saturated heterocycles. The fourth-order valence-electron chi connectivity index (χ4n) is 6.18. The van der Waals surface area contributed by atoms with Crippen molar-refractivity contribution in [3.8, 4) is 12.3 Å². The van der Waals surface area contributed by atoms with Gasteiger partial charge in [-0.2, -0.15) is 0 Å². The van der Waals surface area contributed by atoms with E-state index in [1.54, 1.807) is 6.08 Å². The Morgan fingerprint density at radius 1 is 1.27 bits per heavy atom. The lowest BCUT2D eigenvalue weighted by Crippen LogP contribution is -2.30. The molecule has 0 aromatic carbocycles. The maximum Gasteiger partial charge on any atom is 0.330 e. The number of terminal acetylenes is 1. The summed E-state index contributed by atoms with van der Waals surface area (Å²) in [6.07, 6.45) is 12.8. The van der Waals surface area contributed by atoms with Crippen LogP contribution in [0.3, 0.4) is 0 Å². The number of imidazole rings is 1. The first-order valence-corrected chi connectivity index (χ1v) is 9.40. The number of nitrogens with zero attached hydrogens (tertiary/aromatic N) is 2. The number of aromatic nitrogens is 4. The van der Waals surface area contributed by atoms with Crippen LogP contribution in [-0.4, -0.2) is 19.5 Å². The van der Waals surface area contributed by atoms with Crippen LogP contribution in [0.1, 0.15) is 37.4 Å². The Kier molecular flexibility index (Phi) is 3.30. The molecule has 0 spiro atoms. The molecule has 2 aromatic heterocycles. The van der Waals surface area contributed by atoms with Gasteiger partial charge in [0.15, 0.2) is 5.65 Å². The zero-order valence-electron chi connectivity index (χ0n) is 14.6. The molecule has 4 fully saturated rings. The molecule has 4 bridgehead atoms. The van der Waals surface area contributed by atoms with Crippen molar-refractivity contribution in [2.75, 3.05) is 0 Å². The van der Waals surface area contributed by atoms with Gasteiger partial charge >= 0.3 is 5.69 Å². The summed E-state index contributed by atoms with van der Waals surface area (Å²) in [6, 6.07) is 0. The summed E-state index contributed by atoms with van der Waals surface area (Å²) in [4.78, 5) is 34.5. The molecule has 26 heavy (non-hydrogen) atoms. The van der Waals surface area contributed by atoms with Crippen LogP contribution in [0.2, 0.25) is 0 Å². The largest absolute Gasteiger partial charge is 0.335 e. The highest BCUT2D eigenvalue weighted by Gasteiger charge is 2.56. The second-order valence-corrected chi connectivity index (χ2v) is 8.19. The summed E-state index contributed by atoms with van der Waals surface area (Å²) < 4.78 is 1.42. The Morgan fingerprint density at radius 3 is 2.81 bits per heavy atom. The molecule has 6 atom stereocenters. The molecule has 2 heterocycles. The van der Waals surface area contributed by atoms with E-state index in [1.165, 1.54) is 30.3 Å². The van der Waals surface area contributed by atoms with Crippen molar-refractivity contribution in [1.82, 2.24) is 19.5 Å². The van der Waals surface area contributed by atoms with Gasteiger partial charge in [-0.1, -0.05) is 12.0 Å². The van der Waals surface area contributed by atoms with Crippen molar-refractivity contribution in [2.45, 2.75) is 38.1 Å². The lowest BCUT2D eigenvalue weighted by atomic mass is 9.70. The first kappa shape index (κ1) is 15.7. The van der Waals surface area contributed by atoms with Crippen molar-refractivity contribution in [3.05, 3.63) is 39.3 Å². The van der Waals surface area contributed by atoms with Gasteiger partial charge in [0, 0.05) is 6.54 Å². The lowest BCUT2D eigenvalue weighted by Gasteiger charge is -2.34. The van der Waals surface area contributed by atoms with Crippen molar-refractivity contribution in [3.63, 3.8) is 0 Å². The van der Waals surface area contributed by atoms with Gasteiger partial charge in [0.05, 0.1) is 5.92 Å². The molecule has 4 aliphatic rings. The van der Waals surface area contributed by atoms with Gasteiger partial charge in [-0.25, -0.2) is 9.78 Å². The quantitative estimate of drug-likeness (QED) is 0.653. The minimum Gasteiger partial charge on any atom is -0.335 e. The molecule has 134 valence electrons. The van der Waals surface area contributed by atoms with Crippen molar-refractivity contribution in [2.24, 2.45) is 29.6 Å². The number of aromatic amines is 2. The van der Waals surface area contributed by atoms with Crippen LogP contribution >= 0.6 is 0 Å². The third-order valence-electron chi connectivity index (χ3n) is 6.95. The van der Waals surface area contributed by atoms with E-state index in [2.05, 4.69) is 27.5 Å².